The Hall–Kier alpha value is -3.32. The molecule has 2 atom stereocenters. The van der Waals surface area contributed by atoms with Crippen LogP contribution in [0.25, 0.3) is 0 Å². The Morgan fingerprint density at radius 3 is 1.32 bits per heavy atom. The quantitative estimate of drug-likeness (QED) is 0.378. The Bertz CT molecular complexity index is 804. The van der Waals surface area contributed by atoms with E-state index in [-0.39, 0.29) is 37.2 Å². The highest BCUT2D eigenvalue weighted by atomic mass is 16.5. The number of esters is 2. The molecule has 0 spiro atoms. The SMILES string of the molecule is COC(=O)CC(=O)CC(OC(CC(=O)CC(=O)OC)c1ccccc1)c1ccccc1. The fraction of sp³-hybridized carbons (Fsp3) is 0.333. The predicted octanol–water partition coefficient (Wildman–Crippen LogP) is 3.53. The van der Waals surface area contributed by atoms with Crippen LogP contribution in [0.3, 0.4) is 0 Å². The molecular weight excluding hydrogens is 400 g/mol. The van der Waals surface area contributed by atoms with Gasteiger partial charge in [-0.2, -0.15) is 0 Å². The highest BCUT2D eigenvalue weighted by molar-refractivity contribution is 5.96. The molecule has 0 bridgehead atoms. The number of hydrogen-bond acceptors (Lipinski definition) is 7. The maximum atomic E-state index is 12.4. The lowest BCUT2D eigenvalue weighted by atomic mass is 9.99. The van der Waals surface area contributed by atoms with Crippen molar-refractivity contribution in [3.05, 3.63) is 71.8 Å². The second-order valence-electron chi connectivity index (χ2n) is 6.93. The lowest BCUT2D eigenvalue weighted by molar-refractivity contribution is -0.144. The van der Waals surface area contributed by atoms with E-state index < -0.39 is 24.1 Å². The number of hydrogen-bond donors (Lipinski definition) is 0. The van der Waals surface area contributed by atoms with Crippen molar-refractivity contribution in [2.45, 2.75) is 37.9 Å². The molecule has 164 valence electrons. The molecule has 0 saturated heterocycles. The Balaban J connectivity index is 2.26. The van der Waals surface area contributed by atoms with E-state index in [1.54, 1.807) is 0 Å². The Labute approximate surface area is 181 Å². The van der Waals surface area contributed by atoms with Crippen LogP contribution in [0, 0.1) is 0 Å². The summed E-state index contributed by atoms with van der Waals surface area (Å²) < 4.78 is 15.4. The van der Waals surface area contributed by atoms with Crippen LogP contribution in [0.15, 0.2) is 60.7 Å². The monoisotopic (exact) mass is 426 g/mol. The number of carbonyl (C=O) groups excluding carboxylic acids is 4. The first-order chi connectivity index (χ1) is 14.9. The number of Topliss-reactive ketones (excluding diaryl/α,β-unsaturated/α-hetero) is 2. The minimum Gasteiger partial charge on any atom is -0.469 e. The molecule has 2 aromatic carbocycles. The van der Waals surface area contributed by atoms with E-state index >= 15 is 0 Å². The van der Waals surface area contributed by atoms with E-state index in [0.29, 0.717) is 0 Å². The first kappa shape index (κ1) is 24.0. The molecule has 0 heterocycles. The van der Waals surface area contributed by atoms with Crippen LogP contribution in [0.4, 0.5) is 0 Å². The third-order valence-corrected chi connectivity index (χ3v) is 4.64. The Morgan fingerprint density at radius 1 is 0.645 bits per heavy atom. The molecule has 0 aliphatic carbocycles. The molecule has 2 rings (SSSR count). The molecular formula is C24H26O7. The van der Waals surface area contributed by atoms with E-state index in [0.717, 1.165) is 11.1 Å². The first-order valence-corrected chi connectivity index (χ1v) is 9.85. The predicted molar refractivity (Wildman–Crippen MR) is 112 cm³/mol. The topological polar surface area (TPSA) is 96.0 Å². The third kappa shape index (κ3) is 8.14. The van der Waals surface area contributed by atoms with Crippen molar-refractivity contribution in [3.8, 4) is 0 Å². The second-order valence-corrected chi connectivity index (χ2v) is 6.93. The molecule has 0 amide bonds. The number of ether oxygens (including phenoxy) is 3. The average molecular weight is 426 g/mol. The number of methoxy groups -OCH3 is 2. The van der Waals surface area contributed by atoms with Gasteiger partial charge in [-0.15, -0.1) is 0 Å². The molecule has 31 heavy (non-hydrogen) atoms. The molecule has 0 fully saturated rings. The summed E-state index contributed by atoms with van der Waals surface area (Å²) in [5.74, 6) is -1.92. The molecule has 2 unspecified atom stereocenters. The average Bonchev–Trinajstić information content (AvgIpc) is 2.78. The number of benzene rings is 2. The third-order valence-electron chi connectivity index (χ3n) is 4.64. The van der Waals surface area contributed by atoms with Crippen molar-refractivity contribution in [3.63, 3.8) is 0 Å². The number of carbonyl (C=O) groups is 4. The van der Waals surface area contributed by atoms with Crippen LogP contribution in [-0.2, 0) is 33.4 Å². The Morgan fingerprint density at radius 2 is 1.00 bits per heavy atom. The van der Waals surface area contributed by atoms with Gasteiger partial charge in [-0.3, -0.25) is 19.2 Å². The summed E-state index contributed by atoms with van der Waals surface area (Å²) in [5, 5.41) is 0. The van der Waals surface area contributed by atoms with Gasteiger partial charge in [0.2, 0.25) is 0 Å². The Kier molecular flexibility index (Phi) is 9.58. The van der Waals surface area contributed by atoms with E-state index in [9.17, 15) is 19.2 Å². The van der Waals surface area contributed by atoms with Gasteiger partial charge in [0.1, 0.15) is 24.4 Å². The molecule has 7 nitrogen and oxygen atoms in total. The van der Waals surface area contributed by atoms with Crippen molar-refractivity contribution in [1.82, 2.24) is 0 Å². The van der Waals surface area contributed by atoms with Gasteiger partial charge in [0.15, 0.2) is 0 Å². The standard InChI is InChI=1S/C24H26O7/c1-29-23(27)15-19(25)13-21(17-9-5-3-6-10-17)31-22(18-11-7-4-8-12-18)14-20(26)16-24(28)30-2/h3-12,21-22H,13-16H2,1-2H3. The minimum atomic E-state index is -0.686. The number of rotatable bonds is 12. The van der Waals surface area contributed by atoms with Gasteiger partial charge in [-0.1, -0.05) is 60.7 Å². The van der Waals surface area contributed by atoms with Crippen LogP contribution in [-0.4, -0.2) is 37.7 Å². The maximum Gasteiger partial charge on any atom is 0.313 e. The van der Waals surface area contributed by atoms with Crippen molar-refractivity contribution in [2.75, 3.05) is 14.2 Å². The molecule has 7 heteroatoms. The van der Waals surface area contributed by atoms with Crippen molar-refractivity contribution in [2.24, 2.45) is 0 Å². The molecule has 0 N–H and O–H groups in total. The van der Waals surface area contributed by atoms with Gasteiger partial charge in [0.25, 0.3) is 0 Å². The number of ketones is 2. The molecule has 0 aliphatic heterocycles. The fourth-order valence-corrected chi connectivity index (χ4v) is 3.05. The first-order valence-electron chi connectivity index (χ1n) is 9.85. The van der Waals surface area contributed by atoms with Gasteiger partial charge < -0.3 is 14.2 Å². The highest BCUT2D eigenvalue weighted by Gasteiger charge is 2.26. The van der Waals surface area contributed by atoms with Crippen molar-refractivity contribution >= 4 is 23.5 Å². The van der Waals surface area contributed by atoms with Crippen LogP contribution in [0.2, 0.25) is 0 Å². The van der Waals surface area contributed by atoms with E-state index in [2.05, 4.69) is 9.47 Å². The molecule has 0 saturated carbocycles. The van der Waals surface area contributed by atoms with Gasteiger partial charge >= 0.3 is 11.9 Å². The second kappa shape index (κ2) is 12.4. The van der Waals surface area contributed by atoms with E-state index in [1.807, 2.05) is 60.7 Å². The minimum absolute atomic E-state index is 0.0619. The van der Waals surface area contributed by atoms with Crippen molar-refractivity contribution in [1.29, 1.82) is 0 Å². The van der Waals surface area contributed by atoms with Crippen molar-refractivity contribution < 1.29 is 33.4 Å². The van der Waals surface area contributed by atoms with Crippen LogP contribution >= 0.6 is 0 Å². The smallest absolute Gasteiger partial charge is 0.313 e. The van der Waals surface area contributed by atoms with E-state index in [4.69, 9.17) is 4.74 Å². The zero-order valence-electron chi connectivity index (χ0n) is 17.6. The largest absolute Gasteiger partial charge is 0.469 e. The molecule has 0 radical (unpaired) electrons. The summed E-state index contributed by atoms with van der Waals surface area (Å²) in [5.41, 5.74) is 1.48. The normalized spacial score (nSPS) is 12.5. The molecule has 0 aromatic heterocycles. The van der Waals surface area contributed by atoms with Crippen LogP contribution < -0.4 is 0 Å². The zero-order valence-corrected chi connectivity index (χ0v) is 17.6. The van der Waals surface area contributed by atoms with Gasteiger partial charge in [-0.25, -0.2) is 0 Å². The lowest BCUT2D eigenvalue weighted by Gasteiger charge is -2.25. The van der Waals surface area contributed by atoms with Crippen LogP contribution in [0.5, 0.6) is 0 Å². The highest BCUT2D eigenvalue weighted by Crippen LogP contribution is 2.32. The van der Waals surface area contributed by atoms with Crippen LogP contribution in [0.1, 0.15) is 49.0 Å². The summed E-state index contributed by atoms with van der Waals surface area (Å²) in [7, 11) is 2.44. The lowest BCUT2D eigenvalue weighted by Crippen LogP contribution is -2.19. The summed E-state index contributed by atoms with van der Waals surface area (Å²) in [6, 6.07) is 18.2. The summed E-state index contributed by atoms with van der Waals surface area (Å²) in [6.07, 6.45) is -2.22. The summed E-state index contributed by atoms with van der Waals surface area (Å²) in [6.45, 7) is 0. The summed E-state index contributed by atoms with van der Waals surface area (Å²) in [4.78, 5) is 47.8. The van der Waals surface area contributed by atoms with Gasteiger partial charge in [0.05, 0.1) is 26.4 Å². The maximum absolute atomic E-state index is 12.4. The van der Waals surface area contributed by atoms with Gasteiger partial charge in [0, 0.05) is 12.8 Å². The summed E-state index contributed by atoms with van der Waals surface area (Å²) >= 11 is 0. The fourth-order valence-electron chi connectivity index (χ4n) is 3.05. The zero-order chi connectivity index (χ0) is 22.6. The van der Waals surface area contributed by atoms with E-state index in [1.165, 1.54) is 14.2 Å². The van der Waals surface area contributed by atoms with Gasteiger partial charge in [-0.05, 0) is 11.1 Å². The molecule has 2 aromatic rings. The molecule has 0 aliphatic rings.